The second-order valence-corrected chi connectivity index (χ2v) is 14.0. The monoisotopic (exact) mass is 678 g/mol. The van der Waals surface area contributed by atoms with Gasteiger partial charge in [0.25, 0.3) is 0 Å². The summed E-state index contributed by atoms with van der Waals surface area (Å²) in [6.45, 7) is 10.7. The summed E-state index contributed by atoms with van der Waals surface area (Å²) in [5.41, 5.74) is 7.94. The van der Waals surface area contributed by atoms with Crippen LogP contribution < -0.4 is 9.80 Å². The van der Waals surface area contributed by atoms with Gasteiger partial charge in [-0.1, -0.05) is 41.4 Å². The van der Waals surface area contributed by atoms with E-state index in [1.807, 2.05) is 24.3 Å². The molecule has 8 heteroatoms. The van der Waals surface area contributed by atoms with Gasteiger partial charge in [-0.2, -0.15) is 0 Å². The quantitative estimate of drug-likeness (QED) is 0.177. The van der Waals surface area contributed by atoms with E-state index in [1.54, 1.807) is 0 Å². The lowest BCUT2D eigenvalue weighted by molar-refractivity contribution is 0.250. The highest BCUT2D eigenvalue weighted by Crippen LogP contribution is 2.23. The topological polar surface area (TPSA) is 22.8 Å². The molecule has 0 saturated carbocycles. The SMILES string of the molecule is Cn1ccc2cc(CN3CCN(c4ccc(Cl)cc4)CC3)ccc21.Cn1ccc2ccc(CN3CCN(c4ccc(Cl)cc4)CC3)cc21. The predicted octanol–water partition coefficient (Wildman–Crippen LogP) is 8.31. The standard InChI is InChI=1S/2C20H22ClN3/c1-22-9-8-17-14-16(2-7-20(17)22)15-23-10-12-24(13-11-23)19-5-3-18(21)4-6-19;1-22-9-8-17-3-2-16(14-20(17)22)15-23-10-12-24(13-11-23)19-6-4-18(21)5-7-19/h2*2-9,14H,10-13,15H2,1H3. The molecular weight excluding hydrogens is 635 g/mol. The molecule has 0 bridgehead atoms. The molecule has 2 aliphatic heterocycles. The molecule has 0 unspecified atom stereocenters. The fraction of sp³-hybridized carbons (Fsp3) is 0.300. The van der Waals surface area contributed by atoms with Gasteiger partial charge in [0.1, 0.15) is 0 Å². The number of fused-ring (bicyclic) bond motifs is 2. The molecule has 0 N–H and O–H groups in total. The van der Waals surface area contributed by atoms with Gasteiger partial charge in [-0.3, -0.25) is 9.80 Å². The molecule has 2 saturated heterocycles. The number of hydrogen-bond acceptors (Lipinski definition) is 4. The molecule has 0 radical (unpaired) electrons. The van der Waals surface area contributed by atoms with Crippen LogP contribution in [-0.2, 0) is 27.2 Å². The fourth-order valence-electron chi connectivity index (χ4n) is 6.98. The van der Waals surface area contributed by atoms with Gasteiger partial charge >= 0.3 is 0 Å². The van der Waals surface area contributed by atoms with Crippen molar-refractivity contribution in [2.45, 2.75) is 13.1 Å². The number of hydrogen-bond donors (Lipinski definition) is 0. The Morgan fingerprint density at radius 2 is 0.917 bits per heavy atom. The number of aryl methyl sites for hydroxylation is 2. The van der Waals surface area contributed by atoms with Crippen LogP contribution in [0.4, 0.5) is 11.4 Å². The molecule has 248 valence electrons. The molecule has 2 fully saturated rings. The molecule has 8 rings (SSSR count). The van der Waals surface area contributed by atoms with E-state index < -0.39 is 0 Å². The highest BCUT2D eigenvalue weighted by Gasteiger charge is 2.19. The highest BCUT2D eigenvalue weighted by molar-refractivity contribution is 6.30. The van der Waals surface area contributed by atoms with Crippen molar-refractivity contribution in [2.24, 2.45) is 14.1 Å². The Morgan fingerprint density at radius 3 is 1.46 bits per heavy atom. The number of benzene rings is 4. The summed E-state index contributed by atoms with van der Waals surface area (Å²) < 4.78 is 4.36. The van der Waals surface area contributed by atoms with Gasteiger partial charge in [-0.25, -0.2) is 0 Å². The smallest absolute Gasteiger partial charge is 0.0480 e. The van der Waals surface area contributed by atoms with Crippen LogP contribution in [0.2, 0.25) is 10.0 Å². The summed E-state index contributed by atoms with van der Waals surface area (Å²) in [6.07, 6.45) is 4.25. The van der Waals surface area contributed by atoms with E-state index in [0.29, 0.717) is 0 Å². The first-order valence-corrected chi connectivity index (χ1v) is 17.7. The summed E-state index contributed by atoms with van der Waals surface area (Å²) >= 11 is 12.0. The molecule has 2 aromatic heterocycles. The number of halogens is 2. The third-order valence-electron chi connectivity index (χ3n) is 9.84. The van der Waals surface area contributed by atoms with Crippen molar-refractivity contribution in [3.63, 3.8) is 0 Å². The summed E-state index contributed by atoms with van der Waals surface area (Å²) in [5, 5.41) is 4.24. The van der Waals surface area contributed by atoms with E-state index in [1.165, 1.54) is 44.3 Å². The molecule has 6 aromatic rings. The molecule has 0 atom stereocenters. The van der Waals surface area contributed by atoms with E-state index >= 15 is 0 Å². The van der Waals surface area contributed by atoms with Crippen LogP contribution in [0.15, 0.2) is 109 Å². The first kappa shape index (κ1) is 32.6. The van der Waals surface area contributed by atoms with E-state index in [-0.39, 0.29) is 0 Å². The van der Waals surface area contributed by atoms with Gasteiger partial charge in [-0.05, 0) is 101 Å². The van der Waals surface area contributed by atoms with Crippen LogP contribution in [0.1, 0.15) is 11.1 Å². The number of aromatic nitrogens is 2. The summed E-state index contributed by atoms with van der Waals surface area (Å²) in [5.74, 6) is 0. The zero-order valence-electron chi connectivity index (χ0n) is 27.9. The van der Waals surface area contributed by atoms with Gasteiger partial charge in [0, 0.05) is 124 Å². The summed E-state index contributed by atoms with van der Waals surface area (Å²) in [4.78, 5) is 9.95. The molecule has 0 spiro atoms. The van der Waals surface area contributed by atoms with Crippen LogP contribution in [0.5, 0.6) is 0 Å². The number of piperazine rings is 2. The van der Waals surface area contributed by atoms with Crippen LogP contribution in [0.3, 0.4) is 0 Å². The summed E-state index contributed by atoms with van der Waals surface area (Å²) in [7, 11) is 4.20. The first-order valence-electron chi connectivity index (χ1n) is 16.9. The van der Waals surface area contributed by atoms with Crippen molar-refractivity contribution in [1.29, 1.82) is 0 Å². The Bertz CT molecular complexity index is 1950. The molecule has 6 nitrogen and oxygen atoms in total. The van der Waals surface area contributed by atoms with Crippen molar-refractivity contribution in [1.82, 2.24) is 18.9 Å². The third kappa shape index (κ3) is 7.68. The van der Waals surface area contributed by atoms with Crippen molar-refractivity contribution < 1.29 is 0 Å². The zero-order chi connectivity index (χ0) is 33.0. The minimum Gasteiger partial charge on any atom is -0.369 e. The number of nitrogens with zero attached hydrogens (tertiary/aromatic N) is 6. The Labute approximate surface area is 294 Å². The normalized spacial score (nSPS) is 16.0. The molecule has 4 aromatic carbocycles. The van der Waals surface area contributed by atoms with Crippen molar-refractivity contribution >= 4 is 56.4 Å². The highest BCUT2D eigenvalue weighted by atomic mass is 35.5. The van der Waals surface area contributed by atoms with Crippen molar-refractivity contribution in [2.75, 3.05) is 62.2 Å². The molecule has 0 aliphatic carbocycles. The van der Waals surface area contributed by atoms with Crippen LogP contribution in [-0.4, -0.2) is 71.3 Å². The minimum atomic E-state index is 0.799. The largest absolute Gasteiger partial charge is 0.369 e. The molecule has 0 amide bonds. The zero-order valence-corrected chi connectivity index (χ0v) is 29.4. The molecular formula is C40H44Cl2N6. The predicted molar refractivity (Wildman–Crippen MR) is 204 cm³/mol. The van der Waals surface area contributed by atoms with Gasteiger partial charge in [-0.15, -0.1) is 0 Å². The average molecular weight is 680 g/mol. The Kier molecular flexibility index (Phi) is 9.96. The lowest BCUT2D eigenvalue weighted by atomic mass is 10.1. The fourth-order valence-corrected chi connectivity index (χ4v) is 7.24. The number of anilines is 2. The lowest BCUT2D eigenvalue weighted by Gasteiger charge is -2.36. The minimum absolute atomic E-state index is 0.799. The Morgan fingerprint density at radius 1 is 0.458 bits per heavy atom. The maximum absolute atomic E-state index is 5.98. The maximum atomic E-state index is 5.98. The van der Waals surface area contributed by atoms with Gasteiger partial charge < -0.3 is 18.9 Å². The van der Waals surface area contributed by atoms with Gasteiger partial charge in [0.05, 0.1) is 0 Å². The van der Waals surface area contributed by atoms with Crippen LogP contribution >= 0.6 is 23.2 Å². The van der Waals surface area contributed by atoms with Crippen LogP contribution in [0, 0.1) is 0 Å². The average Bonchev–Trinajstić information content (AvgIpc) is 3.67. The second-order valence-electron chi connectivity index (χ2n) is 13.1. The second kappa shape index (κ2) is 14.7. The van der Waals surface area contributed by atoms with E-state index in [4.69, 9.17) is 23.2 Å². The molecule has 2 aliphatic rings. The molecule has 4 heterocycles. The van der Waals surface area contributed by atoms with Gasteiger partial charge in [0.15, 0.2) is 0 Å². The Balaban J connectivity index is 0.000000152. The Hall–Kier alpha value is -3.94. The van der Waals surface area contributed by atoms with Crippen molar-refractivity contribution in [3.05, 3.63) is 131 Å². The van der Waals surface area contributed by atoms with Crippen molar-refractivity contribution in [3.8, 4) is 0 Å². The lowest BCUT2D eigenvalue weighted by Crippen LogP contribution is -2.45. The third-order valence-corrected chi connectivity index (χ3v) is 10.3. The van der Waals surface area contributed by atoms with E-state index in [2.05, 4.69) is 128 Å². The number of rotatable bonds is 6. The van der Waals surface area contributed by atoms with E-state index in [9.17, 15) is 0 Å². The maximum Gasteiger partial charge on any atom is 0.0480 e. The van der Waals surface area contributed by atoms with Crippen LogP contribution in [0.25, 0.3) is 21.8 Å². The molecule has 48 heavy (non-hydrogen) atoms. The summed E-state index contributed by atoms with van der Waals surface area (Å²) in [6, 6.07) is 34.3. The van der Waals surface area contributed by atoms with Gasteiger partial charge in [0.2, 0.25) is 0 Å². The van der Waals surface area contributed by atoms with E-state index in [0.717, 1.165) is 75.5 Å². The first-order chi connectivity index (χ1) is 23.4.